The van der Waals surface area contributed by atoms with Gasteiger partial charge in [0.25, 0.3) is 0 Å². The van der Waals surface area contributed by atoms with E-state index < -0.39 is 24.0 Å². The van der Waals surface area contributed by atoms with Crippen LogP contribution in [0.1, 0.15) is 17.5 Å². The Morgan fingerprint density at radius 1 is 1.07 bits per heavy atom. The number of benzene rings is 2. The molecule has 2 aromatic carbocycles. The quantitative estimate of drug-likeness (QED) is 0.871. The van der Waals surface area contributed by atoms with Crippen molar-refractivity contribution in [1.82, 2.24) is 5.32 Å². The minimum atomic E-state index is -4.50. The number of carbonyl (C=O) groups is 2. The van der Waals surface area contributed by atoms with Gasteiger partial charge in [-0.2, -0.15) is 13.2 Å². The fourth-order valence-electron chi connectivity index (χ4n) is 3.60. The number of para-hydroxylation sites is 1. The second kappa shape index (κ2) is 7.06. The fraction of sp³-hybridized carbons (Fsp3) is 0.300. The van der Waals surface area contributed by atoms with E-state index in [0.717, 1.165) is 5.56 Å². The Bertz CT molecular complexity index is 852. The first-order valence-electron chi connectivity index (χ1n) is 8.48. The predicted octanol–water partition coefficient (Wildman–Crippen LogP) is 3.21. The number of likely N-dealkylation sites (N-methyl/N-ethyl adjacent to an activating group) is 1. The summed E-state index contributed by atoms with van der Waals surface area (Å²) in [5.74, 6) is -1.10. The number of anilines is 1. The molecule has 1 heterocycles. The van der Waals surface area contributed by atoms with E-state index in [4.69, 9.17) is 0 Å². The normalized spacial score (nSPS) is 19.1. The lowest BCUT2D eigenvalue weighted by molar-refractivity contribution is -0.140. The zero-order valence-corrected chi connectivity index (χ0v) is 14.7. The number of alkyl halides is 3. The molecule has 142 valence electrons. The van der Waals surface area contributed by atoms with E-state index in [1.165, 1.54) is 4.90 Å². The number of nitrogens with one attached hydrogen (secondary N) is 1. The first kappa shape index (κ1) is 18.9. The summed E-state index contributed by atoms with van der Waals surface area (Å²) >= 11 is 0. The van der Waals surface area contributed by atoms with Gasteiger partial charge in [0, 0.05) is 19.2 Å². The average molecular weight is 376 g/mol. The predicted molar refractivity (Wildman–Crippen MR) is 95.4 cm³/mol. The first-order chi connectivity index (χ1) is 12.7. The fourth-order valence-corrected chi connectivity index (χ4v) is 3.60. The maximum absolute atomic E-state index is 13.1. The summed E-state index contributed by atoms with van der Waals surface area (Å²) in [5.41, 5.74) is 0.924. The molecule has 0 unspecified atom stereocenters. The molecule has 1 N–H and O–H groups in total. The molecule has 1 aliphatic heterocycles. The first-order valence-corrected chi connectivity index (χ1v) is 8.48. The summed E-state index contributed by atoms with van der Waals surface area (Å²) in [7, 11) is 1.61. The molecule has 2 amide bonds. The van der Waals surface area contributed by atoms with Gasteiger partial charge in [0.2, 0.25) is 11.8 Å². The minimum Gasteiger partial charge on any atom is -0.347 e. The van der Waals surface area contributed by atoms with Crippen LogP contribution in [-0.2, 0) is 21.4 Å². The van der Waals surface area contributed by atoms with Crippen LogP contribution in [0.2, 0.25) is 0 Å². The van der Waals surface area contributed by atoms with E-state index in [-0.39, 0.29) is 18.7 Å². The number of halogens is 3. The number of amides is 2. The average Bonchev–Trinajstić information content (AvgIpc) is 2.83. The highest BCUT2D eigenvalue weighted by atomic mass is 19.4. The molecule has 7 heteroatoms. The second-order valence-electron chi connectivity index (χ2n) is 6.69. The Hall–Kier alpha value is -2.83. The van der Waals surface area contributed by atoms with Crippen molar-refractivity contribution < 1.29 is 22.8 Å². The van der Waals surface area contributed by atoms with Crippen LogP contribution in [0.5, 0.6) is 0 Å². The summed E-state index contributed by atoms with van der Waals surface area (Å²) in [5, 5.41) is 1.89. The molecule has 27 heavy (non-hydrogen) atoms. The highest BCUT2D eigenvalue weighted by molar-refractivity contribution is 6.09. The van der Waals surface area contributed by atoms with Gasteiger partial charge in [-0.1, -0.05) is 48.5 Å². The van der Waals surface area contributed by atoms with Crippen LogP contribution in [0.3, 0.4) is 0 Å². The standard InChI is InChI=1S/C20H19F3N2O2/c1-25-16-10-6-5-9-15(16)19(18(25)27,11-14-7-3-2-4-8-14)12-17(26)24-13-20(21,22)23/h2-10H,11-13H2,1H3,(H,24,26)/t19-/m1/s1. The molecule has 0 aromatic heterocycles. The van der Waals surface area contributed by atoms with Gasteiger partial charge in [-0.3, -0.25) is 9.59 Å². The minimum absolute atomic E-state index is 0.230. The number of hydrogen-bond donors (Lipinski definition) is 1. The molecule has 4 nitrogen and oxygen atoms in total. The lowest BCUT2D eigenvalue weighted by Crippen LogP contribution is -2.45. The van der Waals surface area contributed by atoms with E-state index in [2.05, 4.69) is 0 Å². The van der Waals surface area contributed by atoms with Crippen molar-refractivity contribution in [3.8, 4) is 0 Å². The number of carbonyl (C=O) groups excluding carboxylic acids is 2. The molecule has 1 atom stereocenters. The summed E-state index contributed by atoms with van der Waals surface area (Å²) in [6, 6.07) is 16.2. The number of rotatable bonds is 5. The van der Waals surface area contributed by atoms with Crippen molar-refractivity contribution in [2.45, 2.75) is 24.4 Å². The van der Waals surface area contributed by atoms with Gasteiger partial charge in [-0.05, 0) is 23.6 Å². The van der Waals surface area contributed by atoms with Gasteiger partial charge >= 0.3 is 6.18 Å². The summed E-state index contributed by atoms with van der Waals surface area (Å²) in [6.45, 7) is -1.42. The van der Waals surface area contributed by atoms with Crippen molar-refractivity contribution in [2.75, 3.05) is 18.5 Å². The van der Waals surface area contributed by atoms with Crippen molar-refractivity contribution in [1.29, 1.82) is 0 Å². The Morgan fingerprint density at radius 2 is 1.70 bits per heavy atom. The maximum Gasteiger partial charge on any atom is 0.405 e. The van der Waals surface area contributed by atoms with E-state index in [1.54, 1.807) is 31.3 Å². The van der Waals surface area contributed by atoms with E-state index in [9.17, 15) is 22.8 Å². The third kappa shape index (κ3) is 3.82. The van der Waals surface area contributed by atoms with E-state index in [1.807, 2.05) is 35.6 Å². The third-order valence-corrected chi connectivity index (χ3v) is 4.79. The molecule has 0 aliphatic carbocycles. The summed E-state index contributed by atoms with van der Waals surface area (Å²) in [6.07, 6.45) is -4.62. The van der Waals surface area contributed by atoms with Crippen molar-refractivity contribution in [3.05, 3.63) is 65.7 Å². The maximum atomic E-state index is 13.1. The zero-order chi connectivity index (χ0) is 19.7. The molecule has 0 saturated carbocycles. The Labute approximate surface area is 155 Å². The SMILES string of the molecule is CN1C(=O)[C@@](CC(=O)NCC(F)(F)F)(Cc2ccccc2)c2ccccc21. The van der Waals surface area contributed by atoms with Crippen LogP contribution in [0.15, 0.2) is 54.6 Å². The molecule has 0 saturated heterocycles. The van der Waals surface area contributed by atoms with Crippen LogP contribution < -0.4 is 10.2 Å². The van der Waals surface area contributed by atoms with E-state index >= 15 is 0 Å². The van der Waals surface area contributed by atoms with Gasteiger partial charge < -0.3 is 10.2 Å². The lowest BCUT2D eigenvalue weighted by Gasteiger charge is -2.28. The molecule has 0 bridgehead atoms. The van der Waals surface area contributed by atoms with Gasteiger partial charge in [0.05, 0.1) is 5.41 Å². The molecule has 0 radical (unpaired) electrons. The highest BCUT2D eigenvalue weighted by Gasteiger charge is 2.50. The Morgan fingerprint density at radius 3 is 2.37 bits per heavy atom. The smallest absolute Gasteiger partial charge is 0.347 e. The van der Waals surface area contributed by atoms with Crippen LogP contribution in [-0.4, -0.2) is 31.6 Å². The highest BCUT2D eigenvalue weighted by Crippen LogP contribution is 2.45. The Balaban J connectivity index is 1.98. The molecule has 2 aromatic rings. The van der Waals surface area contributed by atoms with Gasteiger partial charge in [-0.25, -0.2) is 0 Å². The lowest BCUT2D eigenvalue weighted by atomic mass is 9.73. The van der Waals surface area contributed by atoms with Crippen LogP contribution >= 0.6 is 0 Å². The number of hydrogen-bond acceptors (Lipinski definition) is 2. The van der Waals surface area contributed by atoms with Gasteiger partial charge in [0.15, 0.2) is 0 Å². The summed E-state index contributed by atoms with van der Waals surface area (Å²) < 4.78 is 37.4. The van der Waals surface area contributed by atoms with E-state index in [0.29, 0.717) is 11.3 Å². The number of nitrogens with zero attached hydrogens (tertiary/aromatic N) is 1. The largest absolute Gasteiger partial charge is 0.405 e. The van der Waals surface area contributed by atoms with Crippen LogP contribution in [0, 0.1) is 0 Å². The molecular weight excluding hydrogens is 357 g/mol. The van der Waals surface area contributed by atoms with Crippen LogP contribution in [0.4, 0.5) is 18.9 Å². The van der Waals surface area contributed by atoms with Crippen molar-refractivity contribution in [3.63, 3.8) is 0 Å². The summed E-state index contributed by atoms with van der Waals surface area (Å²) in [4.78, 5) is 26.9. The zero-order valence-electron chi connectivity index (χ0n) is 14.7. The topological polar surface area (TPSA) is 49.4 Å². The van der Waals surface area contributed by atoms with Gasteiger partial charge in [-0.15, -0.1) is 0 Å². The Kier molecular flexibility index (Phi) is 4.95. The third-order valence-electron chi connectivity index (χ3n) is 4.79. The molecule has 0 fully saturated rings. The monoisotopic (exact) mass is 376 g/mol. The molecular formula is C20H19F3N2O2. The van der Waals surface area contributed by atoms with Gasteiger partial charge in [0.1, 0.15) is 6.54 Å². The molecule has 3 rings (SSSR count). The molecule has 1 aliphatic rings. The van der Waals surface area contributed by atoms with Crippen molar-refractivity contribution >= 4 is 17.5 Å². The molecule has 0 spiro atoms. The second-order valence-corrected chi connectivity index (χ2v) is 6.69. The van der Waals surface area contributed by atoms with Crippen LogP contribution in [0.25, 0.3) is 0 Å². The number of fused-ring (bicyclic) bond motifs is 1. The van der Waals surface area contributed by atoms with Crippen molar-refractivity contribution in [2.24, 2.45) is 0 Å².